The fourth-order valence-electron chi connectivity index (χ4n) is 3.91. The molecule has 31 heavy (non-hydrogen) atoms. The Morgan fingerprint density at radius 3 is 2.29 bits per heavy atom. The van der Waals surface area contributed by atoms with E-state index in [0.717, 1.165) is 25.5 Å². The highest BCUT2D eigenvalue weighted by atomic mass is 32.2. The van der Waals surface area contributed by atoms with E-state index in [1.54, 1.807) is 24.3 Å². The fourth-order valence-corrected chi connectivity index (χ4v) is 6.34. The summed E-state index contributed by atoms with van der Waals surface area (Å²) in [5, 5.41) is 2.79. The topological polar surface area (TPSA) is 113 Å². The van der Waals surface area contributed by atoms with Gasteiger partial charge in [-0.15, -0.1) is 0 Å². The number of hydrogen-bond donors (Lipinski definition) is 1. The van der Waals surface area contributed by atoms with Crippen molar-refractivity contribution in [2.24, 2.45) is 5.92 Å². The van der Waals surface area contributed by atoms with E-state index in [1.165, 1.54) is 8.61 Å². The van der Waals surface area contributed by atoms with Crippen LogP contribution < -0.4 is 10.1 Å². The van der Waals surface area contributed by atoms with Crippen LogP contribution in [0, 0.1) is 5.92 Å². The molecule has 2 aliphatic rings. The average molecular weight is 474 g/mol. The molecule has 0 saturated carbocycles. The van der Waals surface area contributed by atoms with Crippen LogP contribution in [0.15, 0.2) is 29.2 Å². The van der Waals surface area contributed by atoms with Crippen LogP contribution in [0.25, 0.3) is 0 Å². The summed E-state index contributed by atoms with van der Waals surface area (Å²) in [6.07, 6.45) is 5.31. The Morgan fingerprint density at radius 2 is 1.65 bits per heavy atom. The van der Waals surface area contributed by atoms with E-state index in [1.807, 2.05) is 0 Å². The Bertz CT molecular complexity index is 957. The Labute approximate surface area is 184 Å². The summed E-state index contributed by atoms with van der Waals surface area (Å²) >= 11 is 0. The molecule has 0 bridgehead atoms. The molecule has 0 spiro atoms. The van der Waals surface area contributed by atoms with Gasteiger partial charge >= 0.3 is 0 Å². The highest BCUT2D eigenvalue weighted by Gasteiger charge is 2.30. The summed E-state index contributed by atoms with van der Waals surface area (Å²) in [6.45, 7) is 2.29. The number of hydrogen-bond acceptors (Lipinski definition) is 6. The van der Waals surface area contributed by atoms with Crippen LogP contribution in [0.5, 0.6) is 5.75 Å². The number of carbonyl (C=O) groups excluding carboxylic acids is 1. The molecule has 1 unspecified atom stereocenters. The zero-order valence-electron chi connectivity index (χ0n) is 17.8. The first-order chi connectivity index (χ1) is 14.7. The third-order valence-corrected chi connectivity index (χ3v) is 8.85. The Hall–Kier alpha value is -1.69. The summed E-state index contributed by atoms with van der Waals surface area (Å²) in [5.74, 6) is -0.0181. The summed E-state index contributed by atoms with van der Waals surface area (Å²) in [5.41, 5.74) is 0. The van der Waals surface area contributed by atoms with Gasteiger partial charge in [-0.3, -0.25) is 4.79 Å². The van der Waals surface area contributed by atoms with Gasteiger partial charge in [0.15, 0.2) is 0 Å². The number of carbonyl (C=O) groups is 1. The number of benzene rings is 1. The van der Waals surface area contributed by atoms with Crippen LogP contribution in [0.2, 0.25) is 0 Å². The number of amides is 1. The van der Waals surface area contributed by atoms with Crippen LogP contribution in [-0.2, 0) is 24.8 Å². The minimum Gasteiger partial charge on any atom is -0.492 e. The van der Waals surface area contributed by atoms with Crippen LogP contribution >= 0.6 is 0 Å². The van der Waals surface area contributed by atoms with E-state index in [4.69, 9.17) is 4.74 Å². The van der Waals surface area contributed by atoms with Crippen molar-refractivity contribution in [3.8, 4) is 5.75 Å². The lowest BCUT2D eigenvalue weighted by atomic mass is 9.99. The van der Waals surface area contributed by atoms with Gasteiger partial charge in [0.1, 0.15) is 12.4 Å². The van der Waals surface area contributed by atoms with Gasteiger partial charge in [-0.1, -0.05) is 6.42 Å². The van der Waals surface area contributed by atoms with Crippen molar-refractivity contribution < 1.29 is 26.4 Å². The smallest absolute Gasteiger partial charge is 0.243 e. The highest BCUT2D eigenvalue weighted by molar-refractivity contribution is 7.89. The molecular formula is C20H31N3O6S2. The van der Waals surface area contributed by atoms with E-state index in [-0.39, 0.29) is 36.4 Å². The van der Waals surface area contributed by atoms with Crippen LogP contribution in [0.4, 0.5) is 0 Å². The van der Waals surface area contributed by atoms with Crippen LogP contribution in [-0.4, -0.2) is 76.9 Å². The SMILES string of the molecule is CS(=O)(=O)N1CCCC(C(=O)NCCOc2ccc(S(=O)(=O)N3CCCCC3)cc2)C1. The number of sulfonamides is 2. The third-order valence-electron chi connectivity index (χ3n) is 5.67. The molecule has 0 radical (unpaired) electrons. The summed E-state index contributed by atoms with van der Waals surface area (Å²) in [4.78, 5) is 12.6. The van der Waals surface area contributed by atoms with Crippen molar-refractivity contribution in [2.75, 3.05) is 45.6 Å². The predicted molar refractivity (Wildman–Crippen MR) is 117 cm³/mol. The lowest BCUT2D eigenvalue weighted by Gasteiger charge is -2.30. The molecule has 1 amide bonds. The molecular weight excluding hydrogens is 442 g/mol. The van der Waals surface area contributed by atoms with Crippen molar-refractivity contribution in [3.63, 3.8) is 0 Å². The van der Waals surface area contributed by atoms with Crippen LogP contribution in [0.1, 0.15) is 32.1 Å². The van der Waals surface area contributed by atoms with Gasteiger partial charge in [0.05, 0.1) is 23.6 Å². The maximum atomic E-state index is 12.7. The molecule has 9 nitrogen and oxygen atoms in total. The van der Waals surface area contributed by atoms with Crippen molar-refractivity contribution in [1.82, 2.24) is 13.9 Å². The van der Waals surface area contributed by atoms with E-state index < -0.39 is 20.0 Å². The molecule has 2 aliphatic heterocycles. The molecule has 1 aromatic rings. The summed E-state index contributed by atoms with van der Waals surface area (Å²) < 4.78 is 57.2. The molecule has 2 fully saturated rings. The molecule has 2 saturated heterocycles. The Morgan fingerprint density at radius 1 is 1.00 bits per heavy atom. The standard InChI is InChI=1S/C20H31N3O6S2/c1-30(25,26)23-14-5-6-17(16-23)20(24)21-11-15-29-18-7-9-19(10-8-18)31(27,28)22-12-3-2-4-13-22/h7-10,17H,2-6,11-16H2,1H3,(H,21,24). The molecule has 0 aromatic heterocycles. The number of nitrogens with zero attached hydrogens (tertiary/aromatic N) is 2. The first kappa shape index (κ1) is 24.0. The van der Waals surface area contributed by atoms with Gasteiger partial charge in [0.2, 0.25) is 26.0 Å². The summed E-state index contributed by atoms with van der Waals surface area (Å²) in [7, 11) is -6.76. The van der Waals surface area contributed by atoms with E-state index >= 15 is 0 Å². The highest BCUT2D eigenvalue weighted by Crippen LogP contribution is 2.23. The molecule has 1 aromatic carbocycles. The Kier molecular flexibility index (Phi) is 7.95. The van der Waals surface area contributed by atoms with Crippen LogP contribution in [0.3, 0.4) is 0 Å². The molecule has 2 heterocycles. The molecule has 1 N–H and O–H groups in total. The van der Waals surface area contributed by atoms with Gasteiger partial charge in [-0.2, -0.15) is 4.31 Å². The zero-order valence-corrected chi connectivity index (χ0v) is 19.5. The maximum absolute atomic E-state index is 12.7. The second-order valence-electron chi connectivity index (χ2n) is 8.04. The first-order valence-corrected chi connectivity index (χ1v) is 13.9. The van der Waals surface area contributed by atoms with Crippen molar-refractivity contribution in [3.05, 3.63) is 24.3 Å². The van der Waals surface area contributed by atoms with Gasteiger partial charge in [-0.25, -0.2) is 21.1 Å². The first-order valence-electron chi connectivity index (χ1n) is 10.6. The number of ether oxygens (including phenoxy) is 1. The average Bonchev–Trinajstić information content (AvgIpc) is 2.77. The number of rotatable bonds is 8. The lowest BCUT2D eigenvalue weighted by Crippen LogP contribution is -2.45. The number of nitrogens with one attached hydrogen (secondary N) is 1. The minimum absolute atomic E-state index is 0.181. The van der Waals surface area contributed by atoms with Gasteiger partial charge in [0.25, 0.3) is 0 Å². The predicted octanol–water partition coefficient (Wildman–Crippen LogP) is 1.03. The number of piperidine rings is 2. The Balaban J connectivity index is 1.44. The molecule has 1 atom stereocenters. The van der Waals surface area contributed by atoms with Crippen molar-refractivity contribution in [1.29, 1.82) is 0 Å². The van der Waals surface area contributed by atoms with E-state index in [2.05, 4.69) is 5.32 Å². The summed E-state index contributed by atoms with van der Waals surface area (Å²) in [6, 6.07) is 6.31. The monoisotopic (exact) mass is 473 g/mol. The van der Waals surface area contributed by atoms with E-state index in [0.29, 0.717) is 38.2 Å². The largest absolute Gasteiger partial charge is 0.492 e. The van der Waals surface area contributed by atoms with Gasteiger partial charge in [-0.05, 0) is 49.9 Å². The van der Waals surface area contributed by atoms with Crippen molar-refractivity contribution >= 4 is 26.0 Å². The third kappa shape index (κ3) is 6.41. The molecule has 3 rings (SSSR count). The molecule has 174 valence electrons. The molecule has 11 heteroatoms. The quantitative estimate of drug-likeness (QED) is 0.564. The zero-order chi connectivity index (χ0) is 22.5. The van der Waals surface area contributed by atoms with Gasteiger partial charge in [0, 0.05) is 26.2 Å². The second kappa shape index (κ2) is 10.3. The van der Waals surface area contributed by atoms with E-state index in [9.17, 15) is 21.6 Å². The lowest BCUT2D eigenvalue weighted by molar-refractivity contribution is -0.126. The maximum Gasteiger partial charge on any atom is 0.243 e. The van der Waals surface area contributed by atoms with Crippen molar-refractivity contribution in [2.45, 2.75) is 37.0 Å². The molecule has 0 aliphatic carbocycles. The minimum atomic E-state index is -3.47. The van der Waals surface area contributed by atoms with Gasteiger partial charge < -0.3 is 10.1 Å². The second-order valence-corrected chi connectivity index (χ2v) is 12.0. The normalized spacial score (nSPS) is 21.5. The fraction of sp³-hybridized carbons (Fsp3) is 0.650.